The van der Waals surface area contributed by atoms with Gasteiger partial charge in [0.1, 0.15) is 5.75 Å². The van der Waals surface area contributed by atoms with E-state index in [1.807, 2.05) is 24.3 Å². The summed E-state index contributed by atoms with van der Waals surface area (Å²) >= 11 is 0. The standard InChI is InChI=1S/C23H31N3O5S/c1-3-25(4-2)20-9-7-18(8-10-20)15-26(16-23(27)24-28)32(29,30)22-13-11-21(12-14-22)31-17-19-5-6-19/h7-14,19,28H,3-6,15-17H2,1-2H3,(H,24,27). The first-order chi connectivity index (χ1) is 15.4. The van der Waals surface area contributed by atoms with E-state index in [4.69, 9.17) is 9.94 Å². The average Bonchev–Trinajstić information content (AvgIpc) is 3.64. The molecule has 1 aliphatic carbocycles. The molecular formula is C23H31N3O5S. The monoisotopic (exact) mass is 461 g/mol. The number of amides is 1. The van der Waals surface area contributed by atoms with Gasteiger partial charge in [-0.25, -0.2) is 13.9 Å². The van der Waals surface area contributed by atoms with E-state index in [-0.39, 0.29) is 11.4 Å². The van der Waals surface area contributed by atoms with Crippen molar-refractivity contribution in [2.24, 2.45) is 5.92 Å². The Hall–Kier alpha value is -2.62. The Balaban J connectivity index is 1.78. The van der Waals surface area contributed by atoms with Gasteiger partial charge in [0.05, 0.1) is 18.0 Å². The third-order valence-corrected chi connectivity index (χ3v) is 7.32. The smallest absolute Gasteiger partial charge is 0.258 e. The summed E-state index contributed by atoms with van der Waals surface area (Å²) < 4.78 is 33.2. The average molecular weight is 462 g/mol. The number of benzene rings is 2. The molecule has 1 saturated carbocycles. The first-order valence-corrected chi connectivity index (χ1v) is 12.3. The number of nitrogens with one attached hydrogen (secondary N) is 1. The van der Waals surface area contributed by atoms with E-state index < -0.39 is 22.5 Å². The molecule has 32 heavy (non-hydrogen) atoms. The van der Waals surface area contributed by atoms with Crippen molar-refractivity contribution in [2.75, 3.05) is 31.1 Å². The molecule has 9 heteroatoms. The number of sulfonamides is 1. The summed E-state index contributed by atoms with van der Waals surface area (Å²) in [4.78, 5) is 14.1. The van der Waals surface area contributed by atoms with E-state index in [2.05, 4.69) is 18.7 Å². The van der Waals surface area contributed by atoms with Crippen LogP contribution in [-0.4, -0.2) is 50.1 Å². The lowest BCUT2D eigenvalue weighted by atomic mass is 10.2. The lowest BCUT2D eigenvalue weighted by molar-refractivity contribution is -0.129. The largest absolute Gasteiger partial charge is 0.493 e. The molecule has 2 N–H and O–H groups in total. The van der Waals surface area contributed by atoms with Crippen molar-refractivity contribution in [1.82, 2.24) is 9.79 Å². The van der Waals surface area contributed by atoms with Crippen LogP contribution in [0.3, 0.4) is 0 Å². The molecule has 0 unspecified atom stereocenters. The first kappa shape index (κ1) is 24.0. The highest BCUT2D eigenvalue weighted by Crippen LogP contribution is 2.30. The van der Waals surface area contributed by atoms with Crippen LogP contribution in [0, 0.1) is 5.92 Å². The molecule has 2 aromatic carbocycles. The number of hydrogen-bond acceptors (Lipinski definition) is 6. The van der Waals surface area contributed by atoms with Gasteiger partial charge < -0.3 is 9.64 Å². The SMILES string of the molecule is CCN(CC)c1ccc(CN(CC(=O)NO)S(=O)(=O)c2ccc(OCC3CC3)cc2)cc1. The molecule has 0 bridgehead atoms. The summed E-state index contributed by atoms with van der Waals surface area (Å²) in [7, 11) is -3.98. The zero-order chi connectivity index (χ0) is 23.1. The van der Waals surface area contributed by atoms with Gasteiger partial charge in [-0.05, 0) is 74.6 Å². The predicted octanol–water partition coefficient (Wildman–Crippen LogP) is 3.02. The molecule has 174 valence electrons. The third-order valence-electron chi connectivity index (χ3n) is 5.51. The highest BCUT2D eigenvalue weighted by atomic mass is 32.2. The molecule has 0 aromatic heterocycles. The highest BCUT2D eigenvalue weighted by Gasteiger charge is 2.27. The maximum atomic E-state index is 13.3. The lowest BCUT2D eigenvalue weighted by Gasteiger charge is -2.23. The van der Waals surface area contributed by atoms with Gasteiger partial charge in [0, 0.05) is 25.3 Å². The van der Waals surface area contributed by atoms with Crippen molar-refractivity contribution in [3.63, 3.8) is 0 Å². The molecule has 8 nitrogen and oxygen atoms in total. The molecule has 0 radical (unpaired) electrons. The van der Waals surface area contributed by atoms with E-state index in [0.29, 0.717) is 18.3 Å². The lowest BCUT2D eigenvalue weighted by Crippen LogP contribution is -2.39. The van der Waals surface area contributed by atoms with E-state index in [0.717, 1.165) is 28.6 Å². The van der Waals surface area contributed by atoms with Crippen molar-refractivity contribution < 1.29 is 23.2 Å². The number of carbonyl (C=O) groups is 1. The van der Waals surface area contributed by atoms with Crippen molar-refractivity contribution >= 4 is 21.6 Å². The van der Waals surface area contributed by atoms with Gasteiger partial charge in [0.15, 0.2) is 0 Å². The summed E-state index contributed by atoms with van der Waals surface area (Å²) in [5, 5.41) is 8.94. The van der Waals surface area contributed by atoms with Crippen LogP contribution in [0.4, 0.5) is 5.69 Å². The molecule has 2 aromatic rings. The van der Waals surface area contributed by atoms with Crippen LogP contribution in [0.15, 0.2) is 53.4 Å². The fraction of sp³-hybridized carbons (Fsp3) is 0.435. The van der Waals surface area contributed by atoms with Gasteiger partial charge in [-0.2, -0.15) is 4.31 Å². The van der Waals surface area contributed by atoms with Gasteiger partial charge in [0.25, 0.3) is 5.91 Å². The molecule has 3 rings (SSSR count). The van der Waals surface area contributed by atoms with Gasteiger partial charge in [0.2, 0.25) is 10.0 Å². The minimum Gasteiger partial charge on any atom is -0.493 e. The summed E-state index contributed by atoms with van der Waals surface area (Å²) in [6.45, 7) is 6.01. The second-order valence-corrected chi connectivity index (χ2v) is 9.81. The highest BCUT2D eigenvalue weighted by molar-refractivity contribution is 7.89. The molecule has 0 saturated heterocycles. The van der Waals surface area contributed by atoms with Gasteiger partial charge in [-0.15, -0.1) is 0 Å². The minimum absolute atomic E-state index is 0.00574. The molecule has 0 aliphatic heterocycles. The Bertz CT molecular complexity index is 985. The quantitative estimate of drug-likeness (QED) is 0.372. The molecule has 0 atom stereocenters. The number of carbonyl (C=O) groups excluding carboxylic acids is 1. The van der Waals surface area contributed by atoms with Crippen molar-refractivity contribution in [1.29, 1.82) is 0 Å². The number of ether oxygens (including phenoxy) is 1. The fourth-order valence-electron chi connectivity index (χ4n) is 3.38. The summed E-state index contributed by atoms with van der Waals surface area (Å²) in [6, 6.07) is 13.8. The fourth-order valence-corrected chi connectivity index (χ4v) is 4.77. The Morgan fingerprint density at radius 2 is 1.69 bits per heavy atom. The van der Waals surface area contributed by atoms with Crippen LogP contribution < -0.4 is 15.1 Å². The minimum atomic E-state index is -3.98. The first-order valence-electron chi connectivity index (χ1n) is 10.9. The number of hydroxylamine groups is 1. The van der Waals surface area contributed by atoms with Crippen LogP contribution in [0.5, 0.6) is 5.75 Å². The molecule has 1 amide bonds. The van der Waals surface area contributed by atoms with E-state index in [1.54, 1.807) is 12.1 Å². The molecule has 0 spiro atoms. The number of anilines is 1. The summed E-state index contributed by atoms with van der Waals surface area (Å²) in [5.74, 6) is 0.402. The van der Waals surface area contributed by atoms with Gasteiger partial charge in [-0.3, -0.25) is 10.0 Å². The predicted molar refractivity (Wildman–Crippen MR) is 122 cm³/mol. The van der Waals surface area contributed by atoms with Crippen LogP contribution >= 0.6 is 0 Å². The van der Waals surface area contributed by atoms with E-state index >= 15 is 0 Å². The maximum Gasteiger partial charge on any atom is 0.258 e. The number of nitrogens with zero attached hydrogens (tertiary/aromatic N) is 2. The van der Waals surface area contributed by atoms with Crippen LogP contribution in [0.25, 0.3) is 0 Å². The number of rotatable bonds is 12. The van der Waals surface area contributed by atoms with Crippen LogP contribution in [0.1, 0.15) is 32.3 Å². The second-order valence-electron chi connectivity index (χ2n) is 7.87. The Morgan fingerprint density at radius 3 is 2.22 bits per heavy atom. The van der Waals surface area contributed by atoms with Gasteiger partial charge >= 0.3 is 0 Å². The van der Waals surface area contributed by atoms with Crippen molar-refractivity contribution in [3.05, 3.63) is 54.1 Å². The Morgan fingerprint density at radius 1 is 1.06 bits per heavy atom. The third kappa shape index (κ3) is 6.21. The van der Waals surface area contributed by atoms with Crippen LogP contribution in [-0.2, 0) is 21.4 Å². The normalized spacial score (nSPS) is 13.8. The molecular weight excluding hydrogens is 430 g/mol. The number of hydrogen-bond donors (Lipinski definition) is 2. The van der Waals surface area contributed by atoms with Crippen molar-refractivity contribution in [3.8, 4) is 5.75 Å². The second kappa shape index (κ2) is 10.8. The summed E-state index contributed by atoms with van der Waals surface area (Å²) in [5.41, 5.74) is 3.29. The molecule has 0 heterocycles. The Labute approximate surface area is 189 Å². The maximum absolute atomic E-state index is 13.3. The Kier molecular flexibility index (Phi) is 8.11. The van der Waals surface area contributed by atoms with E-state index in [1.165, 1.54) is 30.5 Å². The summed E-state index contributed by atoms with van der Waals surface area (Å²) in [6.07, 6.45) is 2.34. The zero-order valence-electron chi connectivity index (χ0n) is 18.5. The molecule has 1 aliphatic rings. The van der Waals surface area contributed by atoms with Crippen molar-refractivity contribution in [2.45, 2.75) is 38.1 Å². The van der Waals surface area contributed by atoms with Gasteiger partial charge in [-0.1, -0.05) is 12.1 Å². The zero-order valence-corrected chi connectivity index (χ0v) is 19.3. The van der Waals surface area contributed by atoms with Crippen LogP contribution in [0.2, 0.25) is 0 Å². The van der Waals surface area contributed by atoms with E-state index in [9.17, 15) is 13.2 Å². The topological polar surface area (TPSA) is 99.2 Å². The molecule has 1 fully saturated rings.